The SMILES string of the molecule is COc1ccc(C(=O)NCCn2nc(-c3cccs3)n(C3CC3)c2=O)cc1OC. The normalized spacial score (nSPS) is 13.3. The summed E-state index contributed by atoms with van der Waals surface area (Å²) in [6.07, 6.45) is 2.00. The molecule has 2 heterocycles. The molecular weight excluding hydrogens is 392 g/mol. The number of rotatable bonds is 8. The van der Waals surface area contributed by atoms with Crippen LogP contribution in [-0.4, -0.2) is 41.0 Å². The van der Waals surface area contributed by atoms with E-state index in [4.69, 9.17) is 9.47 Å². The van der Waals surface area contributed by atoms with Crippen LogP contribution in [0.5, 0.6) is 11.5 Å². The summed E-state index contributed by atoms with van der Waals surface area (Å²) in [5.41, 5.74) is 0.328. The molecule has 1 aliphatic rings. The number of nitrogens with one attached hydrogen (secondary N) is 1. The molecule has 0 bridgehead atoms. The first-order valence-electron chi connectivity index (χ1n) is 9.36. The van der Waals surface area contributed by atoms with E-state index in [1.54, 1.807) is 41.2 Å². The van der Waals surface area contributed by atoms with Crippen molar-refractivity contribution >= 4 is 17.2 Å². The number of ether oxygens (including phenoxy) is 2. The number of hydrogen-bond acceptors (Lipinski definition) is 6. The van der Waals surface area contributed by atoms with Gasteiger partial charge in [-0.25, -0.2) is 9.48 Å². The summed E-state index contributed by atoms with van der Waals surface area (Å²) >= 11 is 1.56. The average molecular weight is 414 g/mol. The fourth-order valence-corrected chi connectivity index (χ4v) is 3.86. The lowest BCUT2D eigenvalue weighted by molar-refractivity contribution is 0.0951. The van der Waals surface area contributed by atoms with Crippen LogP contribution < -0.4 is 20.5 Å². The fourth-order valence-electron chi connectivity index (χ4n) is 3.16. The predicted octanol–water partition coefficient (Wildman–Crippen LogP) is 2.56. The summed E-state index contributed by atoms with van der Waals surface area (Å²) in [5.74, 6) is 1.50. The third kappa shape index (κ3) is 3.91. The van der Waals surface area contributed by atoms with Gasteiger partial charge in [0.05, 0.1) is 25.6 Å². The van der Waals surface area contributed by atoms with Crippen molar-refractivity contribution < 1.29 is 14.3 Å². The number of amides is 1. The van der Waals surface area contributed by atoms with E-state index in [0.717, 1.165) is 17.7 Å². The molecule has 9 heteroatoms. The van der Waals surface area contributed by atoms with E-state index in [1.165, 1.54) is 11.8 Å². The average Bonchev–Trinajstić information content (AvgIpc) is 3.31. The molecule has 1 aliphatic carbocycles. The molecule has 0 unspecified atom stereocenters. The van der Waals surface area contributed by atoms with Gasteiger partial charge in [0.1, 0.15) is 0 Å². The lowest BCUT2D eigenvalue weighted by Gasteiger charge is -2.10. The Morgan fingerprint density at radius 3 is 2.69 bits per heavy atom. The van der Waals surface area contributed by atoms with Gasteiger partial charge in [-0.1, -0.05) is 6.07 Å². The van der Waals surface area contributed by atoms with Gasteiger partial charge in [0, 0.05) is 18.2 Å². The monoisotopic (exact) mass is 414 g/mol. The number of methoxy groups -OCH3 is 2. The van der Waals surface area contributed by atoms with Crippen LogP contribution in [0.1, 0.15) is 29.2 Å². The van der Waals surface area contributed by atoms with Gasteiger partial charge in [0.2, 0.25) is 0 Å². The quantitative estimate of drug-likeness (QED) is 0.612. The van der Waals surface area contributed by atoms with Crippen LogP contribution >= 0.6 is 11.3 Å². The minimum absolute atomic E-state index is 0.128. The molecule has 0 spiro atoms. The van der Waals surface area contributed by atoms with Crippen molar-refractivity contribution in [1.82, 2.24) is 19.7 Å². The minimum Gasteiger partial charge on any atom is -0.493 e. The smallest absolute Gasteiger partial charge is 0.346 e. The van der Waals surface area contributed by atoms with Crippen LogP contribution in [0.15, 0.2) is 40.5 Å². The molecule has 1 amide bonds. The van der Waals surface area contributed by atoms with Crippen molar-refractivity contribution in [2.24, 2.45) is 0 Å². The molecule has 1 saturated carbocycles. The summed E-state index contributed by atoms with van der Waals surface area (Å²) < 4.78 is 13.6. The van der Waals surface area contributed by atoms with Gasteiger partial charge in [-0.2, -0.15) is 0 Å². The third-order valence-electron chi connectivity index (χ3n) is 4.78. The second-order valence-electron chi connectivity index (χ2n) is 6.73. The predicted molar refractivity (Wildman–Crippen MR) is 110 cm³/mol. The standard InChI is InChI=1S/C20H22N4O4S/c1-27-15-8-5-13(12-16(15)28-2)19(25)21-9-10-23-20(26)24(14-6-7-14)18(22-23)17-4-3-11-29-17/h3-5,8,11-12,14H,6-7,9-10H2,1-2H3,(H,21,25). The Bertz CT molecular complexity index is 1070. The van der Waals surface area contributed by atoms with Gasteiger partial charge >= 0.3 is 5.69 Å². The molecule has 1 fully saturated rings. The highest BCUT2D eigenvalue weighted by atomic mass is 32.1. The van der Waals surface area contributed by atoms with Gasteiger partial charge in [-0.05, 0) is 42.5 Å². The maximum absolute atomic E-state index is 12.8. The van der Waals surface area contributed by atoms with Crippen LogP contribution in [0.3, 0.4) is 0 Å². The highest BCUT2D eigenvalue weighted by molar-refractivity contribution is 7.13. The molecule has 8 nitrogen and oxygen atoms in total. The first-order valence-corrected chi connectivity index (χ1v) is 10.2. The summed E-state index contributed by atoms with van der Waals surface area (Å²) in [4.78, 5) is 26.2. The van der Waals surface area contributed by atoms with E-state index in [-0.39, 0.29) is 17.6 Å². The number of thiophene rings is 1. The Morgan fingerprint density at radius 2 is 2.03 bits per heavy atom. The number of aromatic nitrogens is 3. The summed E-state index contributed by atoms with van der Waals surface area (Å²) in [7, 11) is 3.06. The highest BCUT2D eigenvalue weighted by Crippen LogP contribution is 2.37. The molecule has 1 N–H and O–H groups in total. The van der Waals surface area contributed by atoms with E-state index in [0.29, 0.717) is 36.0 Å². The van der Waals surface area contributed by atoms with E-state index in [2.05, 4.69) is 10.4 Å². The number of benzene rings is 1. The minimum atomic E-state index is -0.251. The molecule has 4 rings (SSSR count). The lowest BCUT2D eigenvalue weighted by atomic mass is 10.2. The van der Waals surface area contributed by atoms with E-state index in [1.807, 2.05) is 17.5 Å². The Kier molecular flexibility index (Phi) is 5.39. The Labute approximate surface area is 171 Å². The number of hydrogen-bond donors (Lipinski definition) is 1. The van der Waals surface area contributed by atoms with Crippen LogP contribution in [0, 0.1) is 0 Å². The second-order valence-corrected chi connectivity index (χ2v) is 7.68. The van der Waals surface area contributed by atoms with Crippen molar-refractivity contribution in [3.8, 4) is 22.2 Å². The van der Waals surface area contributed by atoms with Gasteiger partial charge in [0.25, 0.3) is 5.91 Å². The number of nitrogens with zero attached hydrogens (tertiary/aromatic N) is 3. The zero-order valence-electron chi connectivity index (χ0n) is 16.3. The zero-order chi connectivity index (χ0) is 20.4. The molecule has 2 aromatic heterocycles. The van der Waals surface area contributed by atoms with Gasteiger partial charge in [-0.15, -0.1) is 16.4 Å². The molecular formula is C20H22N4O4S. The van der Waals surface area contributed by atoms with Crippen molar-refractivity contribution in [2.75, 3.05) is 20.8 Å². The molecule has 29 heavy (non-hydrogen) atoms. The van der Waals surface area contributed by atoms with Crippen LogP contribution in [0.4, 0.5) is 0 Å². The lowest BCUT2D eigenvalue weighted by Crippen LogP contribution is -2.32. The summed E-state index contributed by atoms with van der Waals surface area (Å²) in [6.45, 7) is 0.592. The van der Waals surface area contributed by atoms with E-state index in [9.17, 15) is 9.59 Å². The Morgan fingerprint density at radius 1 is 1.24 bits per heavy atom. The number of carbonyl (C=O) groups is 1. The van der Waals surface area contributed by atoms with Crippen LogP contribution in [0.2, 0.25) is 0 Å². The molecule has 1 aromatic carbocycles. The fraction of sp³-hybridized carbons (Fsp3) is 0.350. The maximum Gasteiger partial charge on any atom is 0.346 e. The first kappa shape index (κ1) is 19.3. The summed E-state index contributed by atoms with van der Waals surface area (Å²) in [6, 6.07) is 9.12. The van der Waals surface area contributed by atoms with Crippen molar-refractivity contribution in [1.29, 1.82) is 0 Å². The maximum atomic E-state index is 12.8. The van der Waals surface area contributed by atoms with Gasteiger partial charge in [0.15, 0.2) is 17.3 Å². The molecule has 3 aromatic rings. The van der Waals surface area contributed by atoms with E-state index < -0.39 is 0 Å². The molecule has 152 valence electrons. The molecule has 0 atom stereocenters. The van der Waals surface area contributed by atoms with Crippen molar-refractivity contribution in [2.45, 2.75) is 25.4 Å². The summed E-state index contributed by atoms with van der Waals surface area (Å²) in [5, 5.41) is 9.32. The van der Waals surface area contributed by atoms with Crippen LogP contribution in [-0.2, 0) is 6.54 Å². The third-order valence-corrected chi connectivity index (χ3v) is 5.64. The van der Waals surface area contributed by atoms with Crippen LogP contribution in [0.25, 0.3) is 10.7 Å². The second kappa shape index (κ2) is 8.12. The number of carbonyl (C=O) groups excluding carboxylic acids is 1. The zero-order valence-corrected chi connectivity index (χ0v) is 17.1. The molecule has 0 radical (unpaired) electrons. The van der Waals surface area contributed by atoms with E-state index >= 15 is 0 Å². The Hall–Kier alpha value is -3.07. The Balaban J connectivity index is 1.45. The van der Waals surface area contributed by atoms with Gasteiger partial charge in [-0.3, -0.25) is 9.36 Å². The topological polar surface area (TPSA) is 87.4 Å². The highest BCUT2D eigenvalue weighted by Gasteiger charge is 2.30. The molecule has 0 saturated heterocycles. The van der Waals surface area contributed by atoms with Crippen molar-refractivity contribution in [3.63, 3.8) is 0 Å². The van der Waals surface area contributed by atoms with Crippen molar-refractivity contribution in [3.05, 3.63) is 51.8 Å². The van der Waals surface area contributed by atoms with Gasteiger partial charge < -0.3 is 14.8 Å². The molecule has 0 aliphatic heterocycles. The first-order chi connectivity index (χ1) is 14.1. The largest absolute Gasteiger partial charge is 0.493 e.